The number of hydrogen-bond acceptors (Lipinski definition) is 5. The molecular formula is C14H14IN5O2S. The van der Waals surface area contributed by atoms with E-state index >= 15 is 0 Å². The molecule has 1 N–H and O–H groups in total. The highest BCUT2D eigenvalue weighted by molar-refractivity contribution is 14.1. The number of hydrogen-bond donors (Lipinski definition) is 1. The SMILES string of the molecule is Cc1c(C(=O)N(C)C)sc(NC(=O)c2nn(C)cc2I)c1C#N. The minimum atomic E-state index is -0.406. The summed E-state index contributed by atoms with van der Waals surface area (Å²) in [6, 6.07) is 2.05. The van der Waals surface area contributed by atoms with Gasteiger partial charge in [0.15, 0.2) is 5.69 Å². The van der Waals surface area contributed by atoms with E-state index in [0.29, 0.717) is 24.6 Å². The number of amides is 2. The Balaban J connectivity index is 2.39. The van der Waals surface area contributed by atoms with E-state index in [4.69, 9.17) is 0 Å². The van der Waals surface area contributed by atoms with Gasteiger partial charge in [-0.05, 0) is 35.1 Å². The molecule has 120 valence electrons. The molecule has 0 aromatic carbocycles. The second-order valence-electron chi connectivity index (χ2n) is 5.03. The summed E-state index contributed by atoms with van der Waals surface area (Å²) in [5.41, 5.74) is 1.16. The van der Waals surface area contributed by atoms with Crippen molar-refractivity contribution in [2.75, 3.05) is 19.4 Å². The van der Waals surface area contributed by atoms with Crippen molar-refractivity contribution < 1.29 is 9.59 Å². The topological polar surface area (TPSA) is 91.0 Å². The molecule has 0 fully saturated rings. The van der Waals surface area contributed by atoms with Crippen LogP contribution in [0.5, 0.6) is 0 Å². The molecule has 2 amide bonds. The van der Waals surface area contributed by atoms with E-state index in [0.717, 1.165) is 11.3 Å². The number of aryl methyl sites for hydroxylation is 1. The number of carbonyl (C=O) groups is 2. The molecule has 2 aromatic rings. The van der Waals surface area contributed by atoms with Gasteiger partial charge in [0, 0.05) is 27.3 Å². The van der Waals surface area contributed by atoms with Gasteiger partial charge in [-0.25, -0.2) is 0 Å². The van der Waals surface area contributed by atoms with Gasteiger partial charge >= 0.3 is 0 Å². The van der Waals surface area contributed by atoms with Gasteiger partial charge in [0.05, 0.1) is 14.0 Å². The van der Waals surface area contributed by atoms with Gasteiger partial charge in [-0.1, -0.05) is 0 Å². The van der Waals surface area contributed by atoms with Crippen LogP contribution in [0.2, 0.25) is 0 Å². The summed E-state index contributed by atoms with van der Waals surface area (Å²) < 4.78 is 2.25. The van der Waals surface area contributed by atoms with Crippen molar-refractivity contribution in [3.05, 3.63) is 31.5 Å². The van der Waals surface area contributed by atoms with E-state index < -0.39 is 5.91 Å². The number of aromatic nitrogens is 2. The summed E-state index contributed by atoms with van der Waals surface area (Å²) >= 11 is 3.12. The van der Waals surface area contributed by atoms with Crippen LogP contribution < -0.4 is 5.32 Å². The predicted molar refractivity (Wildman–Crippen MR) is 95.7 cm³/mol. The Morgan fingerprint density at radius 2 is 2.13 bits per heavy atom. The zero-order chi connectivity index (χ0) is 17.3. The molecule has 2 heterocycles. The highest BCUT2D eigenvalue weighted by atomic mass is 127. The zero-order valence-corrected chi connectivity index (χ0v) is 15.9. The molecule has 0 unspecified atom stereocenters. The minimum absolute atomic E-state index is 0.197. The quantitative estimate of drug-likeness (QED) is 0.737. The summed E-state index contributed by atoms with van der Waals surface area (Å²) in [5, 5.41) is 16.5. The lowest BCUT2D eigenvalue weighted by molar-refractivity contribution is 0.0831. The second-order valence-corrected chi connectivity index (χ2v) is 7.21. The van der Waals surface area contributed by atoms with Crippen LogP contribution in [0.25, 0.3) is 0 Å². The fourth-order valence-electron chi connectivity index (χ4n) is 1.92. The van der Waals surface area contributed by atoms with Crippen LogP contribution in [0.1, 0.15) is 31.3 Å². The maximum atomic E-state index is 12.4. The van der Waals surface area contributed by atoms with Crippen LogP contribution in [0.15, 0.2) is 6.20 Å². The Morgan fingerprint density at radius 3 is 2.61 bits per heavy atom. The number of thiophene rings is 1. The van der Waals surface area contributed by atoms with Crippen molar-refractivity contribution >= 4 is 50.7 Å². The van der Waals surface area contributed by atoms with E-state index in [1.54, 1.807) is 38.9 Å². The molecule has 2 rings (SSSR count). The molecule has 0 aliphatic rings. The van der Waals surface area contributed by atoms with Crippen LogP contribution in [0, 0.1) is 21.8 Å². The number of nitriles is 1. The number of nitrogens with zero attached hydrogens (tertiary/aromatic N) is 4. The molecule has 0 aliphatic carbocycles. The van der Waals surface area contributed by atoms with Gasteiger partial charge in [-0.15, -0.1) is 11.3 Å². The predicted octanol–water partition coefficient (Wildman–Crippen LogP) is 2.22. The number of nitrogens with one attached hydrogen (secondary N) is 1. The normalized spacial score (nSPS) is 10.3. The highest BCUT2D eigenvalue weighted by Crippen LogP contribution is 2.33. The Labute approximate surface area is 151 Å². The molecule has 23 heavy (non-hydrogen) atoms. The first-order valence-electron chi connectivity index (χ1n) is 6.51. The van der Waals surface area contributed by atoms with Crippen molar-refractivity contribution in [1.29, 1.82) is 5.26 Å². The number of anilines is 1. The number of rotatable bonds is 3. The second kappa shape index (κ2) is 6.67. The van der Waals surface area contributed by atoms with E-state index in [-0.39, 0.29) is 11.6 Å². The molecule has 0 spiro atoms. The summed E-state index contributed by atoms with van der Waals surface area (Å²) in [6.45, 7) is 1.70. The summed E-state index contributed by atoms with van der Waals surface area (Å²) in [6.07, 6.45) is 1.72. The van der Waals surface area contributed by atoms with Crippen molar-refractivity contribution in [3.8, 4) is 6.07 Å². The van der Waals surface area contributed by atoms with E-state index in [1.807, 2.05) is 22.6 Å². The first-order chi connectivity index (χ1) is 10.8. The molecule has 0 saturated carbocycles. The van der Waals surface area contributed by atoms with Gasteiger partial charge in [0.1, 0.15) is 11.1 Å². The first kappa shape index (κ1) is 17.4. The van der Waals surface area contributed by atoms with Crippen molar-refractivity contribution in [2.24, 2.45) is 7.05 Å². The Bertz CT molecular complexity index is 831. The van der Waals surface area contributed by atoms with E-state index in [9.17, 15) is 14.9 Å². The van der Waals surface area contributed by atoms with Crippen LogP contribution in [0.3, 0.4) is 0 Å². The summed E-state index contributed by atoms with van der Waals surface area (Å²) in [5.74, 6) is -0.603. The van der Waals surface area contributed by atoms with Crippen LogP contribution in [-0.2, 0) is 7.05 Å². The van der Waals surface area contributed by atoms with Crippen LogP contribution in [0.4, 0.5) is 5.00 Å². The molecule has 9 heteroatoms. The molecule has 0 saturated heterocycles. The fourth-order valence-corrected chi connectivity index (χ4v) is 3.85. The Hall–Kier alpha value is -1.93. The maximum absolute atomic E-state index is 12.4. The van der Waals surface area contributed by atoms with Crippen molar-refractivity contribution in [3.63, 3.8) is 0 Å². The summed E-state index contributed by atoms with van der Waals surface area (Å²) in [4.78, 5) is 26.4. The third-order valence-corrected chi connectivity index (χ3v) is 5.07. The molecule has 0 bridgehead atoms. The lowest BCUT2D eigenvalue weighted by Gasteiger charge is -2.08. The van der Waals surface area contributed by atoms with Crippen molar-refractivity contribution in [2.45, 2.75) is 6.92 Å². The van der Waals surface area contributed by atoms with Gasteiger partial charge < -0.3 is 10.2 Å². The third-order valence-electron chi connectivity index (χ3n) is 3.09. The van der Waals surface area contributed by atoms with Gasteiger partial charge in [0.2, 0.25) is 0 Å². The minimum Gasteiger partial charge on any atom is -0.344 e. The lowest BCUT2D eigenvalue weighted by atomic mass is 10.1. The molecule has 2 aromatic heterocycles. The zero-order valence-electron chi connectivity index (χ0n) is 13.0. The van der Waals surface area contributed by atoms with Crippen molar-refractivity contribution in [1.82, 2.24) is 14.7 Å². The Morgan fingerprint density at radius 1 is 1.48 bits per heavy atom. The molecule has 7 nitrogen and oxygen atoms in total. The monoisotopic (exact) mass is 443 g/mol. The Kier molecular flexibility index (Phi) is 5.06. The average molecular weight is 443 g/mol. The lowest BCUT2D eigenvalue weighted by Crippen LogP contribution is -2.21. The van der Waals surface area contributed by atoms with Gasteiger partial charge in [-0.2, -0.15) is 10.4 Å². The maximum Gasteiger partial charge on any atom is 0.277 e. The molecule has 0 atom stereocenters. The molecular weight excluding hydrogens is 429 g/mol. The number of carbonyl (C=O) groups excluding carboxylic acids is 2. The number of halogens is 1. The van der Waals surface area contributed by atoms with Crippen LogP contribution >= 0.6 is 33.9 Å². The fraction of sp³-hybridized carbons (Fsp3) is 0.286. The molecule has 0 aliphatic heterocycles. The average Bonchev–Trinajstić information content (AvgIpc) is 2.97. The van der Waals surface area contributed by atoms with Gasteiger partial charge in [-0.3, -0.25) is 14.3 Å². The largest absolute Gasteiger partial charge is 0.344 e. The van der Waals surface area contributed by atoms with Gasteiger partial charge in [0.25, 0.3) is 11.8 Å². The molecule has 0 radical (unpaired) electrons. The summed E-state index contributed by atoms with van der Waals surface area (Å²) in [7, 11) is 5.01. The highest BCUT2D eigenvalue weighted by Gasteiger charge is 2.24. The van der Waals surface area contributed by atoms with Crippen LogP contribution in [-0.4, -0.2) is 40.6 Å². The van der Waals surface area contributed by atoms with E-state index in [1.165, 1.54) is 4.90 Å². The smallest absolute Gasteiger partial charge is 0.277 e. The first-order valence-corrected chi connectivity index (χ1v) is 8.41. The standard InChI is InChI=1S/C14H14IN5O2S/c1-7-8(5-16)13(23-11(7)14(22)19(2)3)17-12(21)10-9(15)6-20(4)18-10/h6H,1-4H3,(H,17,21). The third kappa shape index (κ3) is 3.37. The van der Waals surface area contributed by atoms with E-state index in [2.05, 4.69) is 16.5 Å².